The van der Waals surface area contributed by atoms with E-state index in [1.807, 2.05) is 41.8 Å². The van der Waals surface area contributed by atoms with Crippen LogP contribution in [0, 0.1) is 11.8 Å². The Kier molecular flexibility index (Phi) is 19.3. The molecule has 0 aliphatic carbocycles. The van der Waals surface area contributed by atoms with Gasteiger partial charge in [0.05, 0.1) is 35.6 Å². The second kappa shape index (κ2) is 24.5. The number of ketones is 1. The van der Waals surface area contributed by atoms with Crippen molar-refractivity contribution in [2.75, 3.05) is 52.2 Å². The van der Waals surface area contributed by atoms with E-state index in [9.17, 15) is 33.9 Å². The Balaban J connectivity index is 1.34. The summed E-state index contributed by atoms with van der Waals surface area (Å²) < 4.78 is 13.2. The van der Waals surface area contributed by atoms with Gasteiger partial charge in [-0.3, -0.25) is 19.2 Å². The van der Waals surface area contributed by atoms with Gasteiger partial charge < -0.3 is 50.6 Å². The number of carbonyl (C=O) groups excluding carboxylic acids is 6. The third-order valence-electron chi connectivity index (χ3n) is 10.8. The molecule has 0 aliphatic heterocycles. The molecule has 0 aliphatic rings. The topological polar surface area (TPSA) is 276 Å². The molecule has 4 rings (SSSR count). The molecule has 20 heteroatoms. The molecule has 4 aromatic rings. The van der Waals surface area contributed by atoms with E-state index in [1.165, 1.54) is 4.90 Å². The van der Waals surface area contributed by atoms with Crippen molar-refractivity contribution in [3.63, 3.8) is 0 Å². The van der Waals surface area contributed by atoms with Gasteiger partial charge in [-0.1, -0.05) is 55.4 Å². The number of azide groups is 1. The Bertz CT molecular complexity index is 2390. The van der Waals surface area contributed by atoms with Crippen molar-refractivity contribution >= 4 is 63.1 Å². The number of urea groups is 1. The van der Waals surface area contributed by atoms with Crippen molar-refractivity contribution in [1.82, 2.24) is 30.0 Å². The normalized spacial score (nSPS) is 12.3. The number of anilines is 1. The van der Waals surface area contributed by atoms with Crippen LogP contribution in [0.15, 0.2) is 59.7 Å². The van der Waals surface area contributed by atoms with E-state index in [4.69, 9.17) is 25.7 Å². The van der Waals surface area contributed by atoms with Gasteiger partial charge in [-0.05, 0) is 79.8 Å². The molecule has 1 heterocycles. The van der Waals surface area contributed by atoms with Crippen molar-refractivity contribution in [3.05, 3.63) is 82.0 Å². The second-order valence-electron chi connectivity index (χ2n) is 17.2. The molecular formula is C46H63N11O9. The van der Waals surface area contributed by atoms with Gasteiger partial charge in [-0.15, -0.1) is 0 Å². The number of benzene rings is 3. The first-order valence-electron chi connectivity index (χ1n) is 21.9. The zero-order chi connectivity index (χ0) is 48.6. The van der Waals surface area contributed by atoms with E-state index in [0.29, 0.717) is 35.6 Å². The summed E-state index contributed by atoms with van der Waals surface area (Å²) in [5.41, 5.74) is 16.0. The number of aliphatic hydroxyl groups is 1. The van der Waals surface area contributed by atoms with Crippen LogP contribution in [0.4, 0.5) is 15.3 Å². The summed E-state index contributed by atoms with van der Waals surface area (Å²) in [6, 6.07) is 14.8. The number of hydrogen-bond acceptors (Lipinski definition) is 11. The number of primary amides is 1. The fourth-order valence-corrected chi connectivity index (χ4v) is 7.27. The number of likely N-dealkylation sites (N-methyl/N-ethyl adjacent to an activating group) is 2. The fourth-order valence-electron chi connectivity index (χ4n) is 7.27. The van der Waals surface area contributed by atoms with E-state index in [2.05, 4.69) is 26.0 Å². The average molecular weight is 914 g/mol. The van der Waals surface area contributed by atoms with Crippen molar-refractivity contribution in [2.45, 2.75) is 91.7 Å². The van der Waals surface area contributed by atoms with Crippen molar-refractivity contribution in [3.8, 4) is 0 Å². The van der Waals surface area contributed by atoms with E-state index in [0.717, 1.165) is 21.9 Å². The maximum absolute atomic E-state index is 13.7. The standard InChI is InChI=1S/C46H63N11O9/c1-8-65-27-37-52-41-33(22-31-12-9-10-14-35(31)42(41)57(37)28-46(4,5)64)24-39(60)55(6)20-21-56(7)45(63)66-26-30-15-17-34(18-16-30)51-43(61)32(13-11-19-49-44(47)62)23-36(58)40(29(2)3)53-38(59)25-50-54-48/h9-10,12,14-18,22,29,32,40,64H,8,11,13,19-21,23-28H2,1-7H3,(H,51,61)(H,53,59)(H3,47,49,62)/t32-,40+/m0/s1. The molecule has 0 fully saturated rings. The zero-order valence-electron chi connectivity index (χ0n) is 38.8. The maximum atomic E-state index is 13.7. The van der Waals surface area contributed by atoms with Crippen LogP contribution >= 0.6 is 0 Å². The molecule has 6 amide bonds. The van der Waals surface area contributed by atoms with Gasteiger partial charge in [0.2, 0.25) is 17.7 Å². The van der Waals surface area contributed by atoms with Gasteiger partial charge in [0.1, 0.15) is 25.6 Å². The van der Waals surface area contributed by atoms with E-state index in [-0.39, 0.29) is 76.3 Å². The summed E-state index contributed by atoms with van der Waals surface area (Å²) in [5.74, 6) is -2.12. The molecule has 0 radical (unpaired) electrons. The smallest absolute Gasteiger partial charge is 0.409 e. The van der Waals surface area contributed by atoms with Crippen LogP contribution in [-0.2, 0) is 54.8 Å². The number of fused-ring (bicyclic) bond motifs is 3. The predicted molar refractivity (Wildman–Crippen MR) is 249 cm³/mol. The molecular weight excluding hydrogens is 851 g/mol. The first-order valence-corrected chi connectivity index (χ1v) is 21.9. The van der Waals surface area contributed by atoms with Crippen LogP contribution in [-0.4, -0.2) is 119 Å². The van der Waals surface area contributed by atoms with Crippen molar-refractivity contribution in [1.29, 1.82) is 0 Å². The third kappa shape index (κ3) is 15.5. The number of nitrogens with two attached hydrogens (primary N) is 1. The number of carbonyl (C=O) groups is 6. The van der Waals surface area contributed by atoms with Gasteiger partial charge >= 0.3 is 12.1 Å². The summed E-state index contributed by atoms with van der Waals surface area (Å²) in [5, 5.41) is 23.8. The minimum absolute atomic E-state index is 0.0583. The molecule has 66 heavy (non-hydrogen) atoms. The second-order valence-corrected chi connectivity index (χ2v) is 17.2. The molecule has 0 saturated heterocycles. The number of nitrogens with one attached hydrogen (secondary N) is 3. The van der Waals surface area contributed by atoms with Crippen LogP contribution in [0.2, 0.25) is 0 Å². The quantitative estimate of drug-likeness (QED) is 0.0251. The number of ether oxygens (including phenoxy) is 2. The number of amides is 6. The van der Waals surface area contributed by atoms with E-state index < -0.39 is 48.0 Å². The van der Waals surface area contributed by atoms with Crippen LogP contribution in [0.25, 0.3) is 32.2 Å². The summed E-state index contributed by atoms with van der Waals surface area (Å²) >= 11 is 0. The Labute approximate surface area is 384 Å². The Morgan fingerprint density at radius 3 is 2.36 bits per heavy atom. The Morgan fingerprint density at radius 2 is 1.71 bits per heavy atom. The molecule has 0 bridgehead atoms. The molecule has 3 aromatic carbocycles. The summed E-state index contributed by atoms with van der Waals surface area (Å²) in [4.78, 5) is 87.4. The largest absolute Gasteiger partial charge is 0.445 e. The van der Waals surface area contributed by atoms with Crippen LogP contribution in [0.1, 0.15) is 70.8 Å². The van der Waals surface area contributed by atoms with Gasteiger partial charge in [0, 0.05) is 68.7 Å². The zero-order valence-corrected chi connectivity index (χ0v) is 38.8. The summed E-state index contributed by atoms with van der Waals surface area (Å²) in [6.45, 7) is 9.94. The maximum Gasteiger partial charge on any atom is 0.409 e. The number of Topliss-reactive ketones (excluding diaryl/α,β-unsaturated/α-hetero) is 1. The lowest BCUT2D eigenvalue weighted by molar-refractivity contribution is -0.130. The molecule has 0 spiro atoms. The first kappa shape index (κ1) is 51.9. The van der Waals surface area contributed by atoms with Crippen molar-refractivity contribution in [2.24, 2.45) is 22.7 Å². The van der Waals surface area contributed by atoms with Gasteiger partial charge in [-0.2, -0.15) is 0 Å². The minimum atomic E-state index is -1.04. The lowest BCUT2D eigenvalue weighted by Gasteiger charge is -2.24. The number of aromatic nitrogens is 2. The van der Waals surface area contributed by atoms with Crippen LogP contribution in [0.3, 0.4) is 0 Å². The minimum Gasteiger partial charge on any atom is -0.445 e. The highest BCUT2D eigenvalue weighted by Crippen LogP contribution is 2.32. The third-order valence-corrected chi connectivity index (χ3v) is 10.8. The molecule has 6 N–H and O–H groups in total. The fraction of sp³-hybridized carbons (Fsp3) is 0.500. The van der Waals surface area contributed by atoms with Crippen LogP contribution < -0.4 is 21.7 Å². The predicted octanol–water partition coefficient (Wildman–Crippen LogP) is 5.18. The molecule has 20 nitrogen and oxygen atoms in total. The highest BCUT2D eigenvalue weighted by molar-refractivity contribution is 6.07. The summed E-state index contributed by atoms with van der Waals surface area (Å²) in [7, 11) is 3.25. The van der Waals surface area contributed by atoms with Crippen molar-refractivity contribution < 1.29 is 43.3 Å². The van der Waals surface area contributed by atoms with Crippen LogP contribution in [0.5, 0.6) is 0 Å². The number of rotatable bonds is 25. The molecule has 0 unspecified atom stereocenters. The van der Waals surface area contributed by atoms with E-state index >= 15 is 0 Å². The van der Waals surface area contributed by atoms with E-state index in [1.54, 1.807) is 71.0 Å². The van der Waals surface area contributed by atoms with Gasteiger partial charge in [-0.25, -0.2) is 14.6 Å². The Morgan fingerprint density at radius 1 is 1.02 bits per heavy atom. The highest BCUT2D eigenvalue weighted by Gasteiger charge is 2.30. The number of nitrogens with zero attached hydrogens (tertiary/aromatic N) is 7. The number of imidazole rings is 1. The summed E-state index contributed by atoms with van der Waals surface area (Å²) in [6.07, 6.45) is -0.181. The average Bonchev–Trinajstić information content (AvgIpc) is 3.62. The molecule has 0 saturated carbocycles. The van der Waals surface area contributed by atoms with Gasteiger partial charge in [0.25, 0.3) is 0 Å². The van der Waals surface area contributed by atoms with Gasteiger partial charge in [0.15, 0.2) is 5.78 Å². The number of hydrogen-bond donors (Lipinski definition) is 5. The SMILES string of the molecule is CCOCc1nc2c(CC(=O)N(C)CCN(C)C(=O)OCc3ccc(NC(=O)[C@@H](CCCNC(N)=O)CC(=O)[C@H](NC(=O)CN=[N+]=[N-])C(C)C)cc3)cc3ccccc3c2n1CC(C)(C)O. The monoisotopic (exact) mass is 913 g/mol. The lowest BCUT2D eigenvalue weighted by atomic mass is 9.89. The molecule has 2 atom stereocenters. The lowest BCUT2D eigenvalue weighted by Crippen LogP contribution is -2.46. The Hall–Kier alpha value is -6.76. The highest BCUT2D eigenvalue weighted by atomic mass is 16.6. The first-order chi connectivity index (χ1) is 31.3. The molecule has 356 valence electrons. The molecule has 1 aromatic heterocycles.